The van der Waals surface area contributed by atoms with Crippen molar-refractivity contribution in [2.45, 2.75) is 25.8 Å². The molecule has 0 amide bonds. The van der Waals surface area contributed by atoms with Crippen LogP contribution in [0.15, 0.2) is 6.20 Å². The second-order valence-corrected chi connectivity index (χ2v) is 5.33. The lowest BCUT2D eigenvalue weighted by atomic mass is 10.0. The topological polar surface area (TPSA) is 29.0 Å². The van der Waals surface area contributed by atoms with Crippen LogP contribution >= 0.6 is 27.7 Å². The maximum atomic E-state index is 4.26. The minimum Gasteiger partial charge on any atom is -0.297 e. The predicted molar refractivity (Wildman–Crippen MR) is 66.3 cm³/mol. The number of hydrogen-bond acceptors (Lipinski definition) is 4. The van der Waals surface area contributed by atoms with Crippen molar-refractivity contribution < 1.29 is 0 Å². The normalized spacial score (nSPS) is 23.9. The summed E-state index contributed by atoms with van der Waals surface area (Å²) in [5, 5.41) is 1.15. The summed E-state index contributed by atoms with van der Waals surface area (Å²) in [6.07, 6.45) is 5.87. The van der Waals surface area contributed by atoms with E-state index in [1.54, 1.807) is 0 Å². The summed E-state index contributed by atoms with van der Waals surface area (Å²) in [5.41, 5.74) is 1.12. The third kappa shape index (κ3) is 3.50. The number of alkyl halides is 1. The van der Waals surface area contributed by atoms with Crippen molar-refractivity contribution in [2.24, 2.45) is 5.92 Å². The standard InChI is InChI=1S/C10H16BrN3S/c11-6-9-2-1-4-14(5-3-9)8-10-7-12-15-13-10/h7,9H,1-6,8H2. The van der Waals surface area contributed by atoms with E-state index in [1.165, 1.54) is 44.1 Å². The van der Waals surface area contributed by atoms with Crippen LogP contribution in [0.4, 0.5) is 0 Å². The molecule has 2 rings (SSSR count). The molecule has 1 aliphatic rings. The van der Waals surface area contributed by atoms with Crippen LogP contribution in [0.3, 0.4) is 0 Å². The Morgan fingerprint density at radius 3 is 3.13 bits per heavy atom. The van der Waals surface area contributed by atoms with Gasteiger partial charge in [0.15, 0.2) is 0 Å². The lowest BCUT2D eigenvalue weighted by Crippen LogP contribution is -2.24. The summed E-state index contributed by atoms with van der Waals surface area (Å²) in [6, 6.07) is 0. The van der Waals surface area contributed by atoms with Gasteiger partial charge in [-0.15, -0.1) is 0 Å². The van der Waals surface area contributed by atoms with Crippen molar-refractivity contribution in [2.75, 3.05) is 18.4 Å². The zero-order chi connectivity index (χ0) is 10.5. The number of nitrogens with zero attached hydrogens (tertiary/aromatic N) is 3. The van der Waals surface area contributed by atoms with Gasteiger partial charge in [0.05, 0.1) is 23.6 Å². The van der Waals surface area contributed by atoms with Gasteiger partial charge in [-0.3, -0.25) is 4.90 Å². The zero-order valence-corrected chi connectivity index (χ0v) is 11.1. The molecular formula is C10H16BrN3S. The first-order valence-electron chi connectivity index (χ1n) is 5.43. The van der Waals surface area contributed by atoms with E-state index in [0.717, 1.165) is 23.5 Å². The van der Waals surface area contributed by atoms with Crippen LogP contribution < -0.4 is 0 Å². The molecule has 1 saturated heterocycles. The van der Waals surface area contributed by atoms with Gasteiger partial charge in [-0.25, -0.2) is 0 Å². The van der Waals surface area contributed by atoms with Gasteiger partial charge in [-0.05, 0) is 38.3 Å². The molecule has 0 radical (unpaired) electrons. The number of rotatable bonds is 3. The molecule has 0 N–H and O–H groups in total. The molecule has 0 bridgehead atoms. The van der Waals surface area contributed by atoms with E-state index < -0.39 is 0 Å². The molecule has 0 spiro atoms. The molecule has 0 aromatic carbocycles. The summed E-state index contributed by atoms with van der Waals surface area (Å²) < 4.78 is 8.30. The Balaban J connectivity index is 1.83. The Morgan fingerprint density at radius 2 is 2.40 bits per heavy atom. The highest BCUT2D eigenvalue weighted by Crippen LogP contribution is 2.20. The zero-order valence-electron chi connectivity index (χ0n) is 8.73. The molecule has 2 heterocycles. The third-order valence-corrected chi connectivity index (χ3v) is 4.38. The van der Waals surface area contributed by atoms with Crippen LogP contribution in [-0.4, -0.2) is 32.1 Å². The molecule has 5 heteroatoms. The summed E-state index contributed by atoms with van der Waals surface area (Å²) in [4.78, 5) is 2.50. The fourth-order valence-corrected chi connectivity index (χ4v) is 3.09. The average Bonchev–Trinajstić information content (AvgIpc) is 2.64. The molecule has 84 valence electrons. The Kier molecular flexibility index (Phi) is 4.53. The largest absolute Gasteiger partial charge is 0.297 e. The lowest BCUT2D eigenvalue weighted by molar-refractivity contribution is 0.271. The Morgan fingerprint density at radius 1 is 1.47 bits per heavy atom. The smallest absolute Gasteiger partial charge is 0.0883 e. The molecule has 0 saturated carbocycles. The van der Waals surface area contributed by atoms with E-state index in [2.05, 4.69) is 29.6 Å². The van der Waals surface area contributed by atoms with Crippen LogP contribution in [0.25, 0.3) is 0 Å². The van der Waals surface area contributed by atoms with Gasteiger partial charge in [0.2, 0.25) is 0 Å². The van der Waals surface area contributed by atoms with Gasteiger partial charge >= 0.3 is 0 Å². The molecular weight excluding hydrogens is 274 g/mol. The third-order valence-electron chi connectivity index (χ3n) is 2.95. The predicted octanol–water partition coefficient (Wildman–Crippen LogP) is 2.54. The van der Waals surface area contributed by atoms with E-state index in [0.29, 0.717) is 0 Å². The summed E-state index contributed by atoms with van der Waals surface area (Å²) >= 11 is 4.89. The van der Waals surface area contributed by atoms with Gasteiger partial charge in [-0.2, -0.15) is 8.75 Å². The van der Waals surface area contributed by atoms with Gasteiger partial charge in [-0.1, -0.05) is 15.9 Å². The quantitative estimate of drug-likeness (QED) is 0.801. The van der Waals surface area contributed by atoms with Crippen molar-refractivity contribution in [3.8, 4) is 0 Å². The van der Waals surface area contributed by atoms with Crippen LogP contribution in [0.1, 0.15) is 25.0 Å². The van der Waals surface area contributed by atoms with Gasteiger partial charge in [0.25, 0.3) is 0 Å². The molecule has 0 aliphatic carbocycles. The minimum absolute atomic E-state index is 0.864. The molecule has 1 aliphatic heterocycles. The maximum Gasteiger partial charge on any atom is 0.0883 e. The first kappa shape index (κ1) is 11.5. The Bertz CT molecular complexity index is 278. The van der Waals surface area contributed by atoms with Gasteiger partial charge in [0, 0.05) is 11.9 Å². The molecule has 1 atom stereocenters. The van der Waals surface area contributed by atoms with E-state index >= 15 is 0 Å². The number of likely N-dealkylation sites (tertiary alicyclic amines) is 1. The van der Waals surface area contributed by atoms with Crippen LogP contribution in [0, 0.1) is 5.92 Å². The van der Waals surface area contributed by atoms with E-state index in [-0.39, 0.29) is 0 Å². The number of hydrogen-bond donors (Lipinski definition) is 0. The molecule has 15 heavy (non-hydrogen) atoms. The highest BCUT2D eigenvalue weighted by molar-refractivity contribution is 9.09. The van der Waals surface area contributed by atoms with Crippen LogP contribution in [-0.2, 0) is 6.54 Å². The summed E-state index contributed by atoms with van der Waals surface area (Å²) in [6.45, 7) is 3.39. The first-order valence-corrected chi connectivity index (χ1v) is 7.28. The van der Waals surface area contributed by atoms with E-state index in [4.69, 9.17) is 0 Å². The minimum atomic E-state index is 0.864. The monoisotopic (exact) mass is 289 g/mol. The second kappa shape index (κ2) is 5.92. The molecule has 1 aromatic rings. The van der Waals surface area contributed by atoms with Crippen LogP contribution in [0.5, 0.6) is 0 Å². The second-order valence-electron chi connectivity index (χ2n) is 4.13. The highest BCUT2D eigenvalue weighted by Gasteiger charge is 2.16. The first-order chi connectivity index (χ1) is 7.38. The maximum absolute atomic E-state index is 4.26. The van der Waals surface area contributed by atoms with E-state index in [1.807, 2.05) is 6.20 Å². The Labute approximate surface area is 103 Å². The number of aromatic nitrogens is 2. The molecule has 1 aromatic heterocycles. The highest BCUT2D eigenvalue weighted by atomic mass is 79.9. The average molecular weight is 290 g/mol. The van der Waals surface area contributed by atoms with Crippen molar-refractivity contribution in [3.63, 3.8) is 0 Å². The van der Waals surface area contributed by atoms with Crippen molar-refractivity contribution >= 4 is 27.7 Å². The lowest BCUT2D eigenvalue weighted by Gasteiger charge is -2.18. The molecule has 3 nitrogen and oxygen atoms in total. The van der Waals surface area contributed by atoms with Crippen molar-refractivity contribution in [1.82, 2.24) is 13.6 Å². The number of halogens is 1. The summed E-state index contributed by atoms with van der Waals surface area (Å²) in [5.74, 6) is 0.864. The SMILES string of the molecule is BrCC1CCCN(Cc2cnsn2)CC1. The molecule has 1 unspecified atom stereocenters. The van der Waals surface area contributed by atoms with Crippen molar-refractivity contribution in [1.29, 1.82) is 0 Å². The molecule has 1 fully saturated rings. The van der Waals surface area contributed by atoms with Gasteiger partial charge < -0.3 is 0 Å². The van der Waals surface area contributed by atoms with Crippen molar-refractivity contribution in [3.05, 3.63) is 11.9 Å². The van der Waals surface area contributed by atoms with Crippen LogP contribution in [0.2, 0.25) is 0 Å². The fourth-order valence-electron chi connectivity index (χ4n) is 2.02. The van der Waals surface area contributed by atoms with Gasteiger partial charge in [0.1, 0.15) is 0 Å². The summed E-state index contributed by atoms with van der Waals surface area (Å²) in [7, 11) is 0. The van der Waals surface area contributed by atoms with E-state index in [9.17, 15) is 0 Å². The fraction of sp³-hybridized carbons (Fsp3) is 0.800. The Hall–Kier alpha value is -0.0000000000000000278.